The first-order chi connectivity index (χ1) is 9.78. The molecule has 21 heavy (non-hydrogen) atoms. The quantitative estimate of drug-likeness (QED) is 0.843. The molecule has 1 atom stereocenters. The Morgan fingerprint density at radius 1 is 1.10 bits per heavy atom. The maximum absolute atomic E-state index is 11.1. The van der Waals surface area contributed by atoms with Gasteiger partial charge in [-0.2, -0.15) is 0 Å². The maximum atomic E-state index is 11.1. The molecule has 2 fully saturated rings. The minimum absolute atomic E-state index is 0.218. The van der Waals surface area contributed by atoms with Gasteiger partial charge in [-0.05, 0) is 38.7 Å². The summed E-state index contributed by atoms with van der Waals surface area (Å²) in [6.45, 7) is 8.64. The standard InChI is InChI=1S/C15H20BNO4/c1-14(2)15(3,4)21-16(20-14)11-7-5-10(6-8-11)12-9-17-13(18)19-12/h5-8,12H,9H2,1-4H3,(H,17,18)/t12-/m0/s1. The van der Waals surface area contributed by atoms with Gasteiger partial charge in [-0.15, -0.1) is 0 Å². The van der Waals surface area contributed by atoms with Gasteiger partial charge in [0.05, 0.1) is 17.7 Å². The van der Waals surface area contributed by atoms with Crippen LogP contribution < -0.4 is 10.8 Å². The summed E-state index contributed by atoms with van der Waals surface area (Å²) in [6, 6.07) is 7.82. The smallest absolute Gasteiger partial charge is 0.439 e. The van der Waals surface area contributed by atoms with Crippen molar-refractivity contribution in [3.8, 4) is 0 Å². The Labute approximate surface area is 125 Å². The molecule has 1 amide bonds. The first-order valence-corrected chi connectivity index (χ1v) is 7.18. The predicted molar refractivity (Wildman–Crippen MR) is 79.4 cm³/mol. The van der Waals surface area contributed by atoms with Crippen molar-refractivity contribution >= 4 is 18.7 Å². The number of cyclic esters (lactones) is 1. The monoisotopic (exact) mass is 289 g/mol. The summed E-state index contributed by atoms with van der Waals surface area (Å²) < 4.78 is 17.2. The molecule has 1 aromatic carbocycles. The van der Waals surface area contributed by atoms with E-state index >= 15 is 0 Å². The van der Waals surface area contributed by atoms with Crippen molar-refractivity contribution in [2.24, 2.45) is 0 Å². The van der Waals surface area contributed by atoms with Crippen molar-refractivity contribution in [2.75, 3.05) is 6.54 Å². The SMILES string of the molecule is CC1(C)OB(c2ccc([C@@H]3CNC(=O)O3)cc2)OC1(C)C. The van der Waals surface area contributed by atoms with Gasteiger partial charge < -0.3 is 19.4 Å². The van der Waals surface area contributed by atoms with E-state index in [2.05, 4.69) is 5.32 Å². The van der Waals surface area contributed by atoms with E-state index in [4.69, 9.17) is 14.0 Å². The lowest BCUT2D eigenvalue weighted by Gasteiger charge is -2.32. The predicted octanol–water partition coefficient (Wildman–Crippen LogP) is 1.77. The minimum Gasteiger partial charge on any atom is -0.439 e. The van der Waals surface area contributed by atoms with Gasteiger partial charge in [0.2, 0.25) is 0 Å². The second kappa shape index (κ2) is 4.75. The third kappa shape index (κ3) is 2.54. The van der Waals surface area contributed by atoms with Crippen LogP contribution in [0.3, 0.4) is 0 Å². The van der Waals surface area contributed by atoms with Crippen LogP contribution in [0.1, 0.15) is 39.4 Å². The zero-order chi connectivity index (χ0) is 15.3. The van der Waals surface area contributed by atoms with Crippen LogP contribution in [0.25, 0.3) is 0 Å². The highest BCUT2D eigenvalue weighted by molar-refractivity contribution is 6.62. The van der Waals surface area contributed by atoms with Gasteiger partial charge in [-0.3, -0.25) is 0 Å². The molecule has 0 spiro atoms. The lowest BCUT2D eigenvalue weighted by atomic mass is 9.78. The molecule has 112 valence electrons. The molecule has 1 aromatic rings. The van der Waals surface area contributed by atoms with Crippen LogP contribution in [-0.4, -0.2) is 31.0 Å². The fourth-order valence-electron chi connectivity index (χ4n) is 2.42. The van der Waals surface area contributed by atoms with Crippen LogP contribution in [0, 0.1) is 0 Å². The second-order valence-corrected chi connectivity index (χ2v) is 6.53. The van der Waals surface area contributed by atoms with Gasteiger partial charge >= 0.3 is 13.2 Å². The third-order valence-corrected chi connectivity index (χ3v) is 4.51. The summed E-state index contributed by atoms with van der Waals surface area (Å²) in [5, 5.41) is 2.65. The van der Waals surface area contributed by atoms with Crippen LogP contribution in [0.4, 0.5) is 4.79 Å². The van der Waals surface area contributed by atoms with E-state index in [1.807, 2.05) is 52.0 Å². The van der Waals surface area contributed by atoms with Crippen molar-refractivity contribution in [1.82, 2.24) is 5.32 Å². The van der Waals surface area contributed by atoms with Crippen LogP contribution in [0.15, 0.2) is 24.3 Å². The fraction of sp³-hybridized carbons (Fsp3) is 0.533. The zero-order valence-electron chi connectivity index (χ0n) is 12.8. The highest BCUT2D eigenvalue weighted by Gasteiger charge is 2.51. The summed E-state index contributed by atoms with van der Waals surface area (Å²) in [5.41, 5.74) is 1.24. The molecule has 0 radical (unpaired) electrons. The number of amides is 1. The fourth-order valence-corrected chi connectivity index (χ4v) is 2.42. The number of nitrogens with one attached hydrogen (secondary N) is 1. The number of hydrogen-bond acceptors (Lipinski definition) is 4. The van der Waals surface area contributed by atoms with Crippen LogP contribution in [0.2, 0.25) is 0 Å². The highest BCUT2D eigenvalue weighted by Crippen LogP contribution is 2.36. The number of alkyl carbamates (subject to hydrolysis) is 1. The number of carbonyl (C=O) groups is 1. The van der Waals surface area contributed by atoms with E-state index in [-0.39, 0.29) is 30.5 Å². The average molecular weight is 289 g/mol. The first kappa shape index (κ1) is 14.4. The average Bonchev–Trinajstić information content (AvgIpc) is 2.92. The molecule has 2 aliphatic heterocycles. The van der Waals surface area contributed by atoms with E-state index in [0.29, 0.717) is 6.54 Å². The molecule has 2 saturated heterocycles. The Morgan fingerprint density at radius 3 is 2.14 bits per heavy atom. The van der Waals surface area contributed by atoms with Gasteiger partial charge in [0.15, 0.2) is 0 Å². The molecule has 0 bridgehead atoms. The lowest BCUT2D eigenvalue weighted by Crippen LogP contribution is -2.41. The Hall–Kier alpha value is -1.53. The van der Waals surface area contributed by atoms with Gasteiger partial charge in [-0.25, -0.2) is 4.79 Å². The van der Waals surface area contributed by atoms with E-state index in [0.717, 1.165) is 11.0 Å². The Morgan fingerprint density at radius 2 is 1.67 bits per heavy atom. The van der Waals surface area contributed by atoms with Gasteiger partial charge in [0.1, 0.15) is 6.10 Å². The summed E-state index contributed by atoms with van der Waals surface area (Å²) in [7, 11) is -0.367. The Balaban J connectivity index is 1.75. The molecule has 0 saturated carbocycles. The summed E-state index contributed by atoms with van der Waals surface area (Å²) in [4.78, 5) is 11.1. The topological polar surface area (TPSA) is 56.8 Å². The molecule has 0 aromatic heterocycles. The van der Waals surface area contributed by atoms with Crippen molar-refractivity contribution in [2.45, 2.75) is 45.0 Å². The first-order valence-electron chi connectivity index (χ1n) is 7.18. The number of ether oxygens (including phenoxy) is 1. The zero-order valence-corrected chi connectivity index (χ0v) is 12.8. The normalized spacial score (nSPS) is 26.6. The molecule has 1 N–H and O–H groups in total. The Bertz CT molecular complexity index is 539. The van der Waals surface area contributed by atoms with Gasteiger partial charge in [0, 0.05) is 0 Å². The molecule has 3 rings (SSSR count). The molecular formula is C15H20BNO4. The maximum Gasteiger partial charge on any atom is 0.494 e. The van der Waals surface area contributed by atoms with Gasteiger partial charge in [-0.1, -0.05) is 24.3 Å². The number of benzene rings is 1. The number of hydrogen-bond donors (Lipinski definition) is 1. The molecule has 0 unspecified atom stereocenters. The van der Waals surface area contributed by atoms with E-state index in [1.165, 1.54) is 0 Å². The minimum atomic E-state index is -0.367. The highest BCUT2D eigenvalue weighted by atomic mass is 16.7. The summed E-state index contributed by atoms with van der Waals surface area (Å²) in [6.07, 6.45) is -0.583. The van der Waals surface area contributed by atoms with Crippen molar-refractivity contribution in [3.63, 3.8) is 0 Å². The van der Waals surface area contributed by atoms with E-state index in [1.54, 1.807) is 0 Å². The van der Waals surface area contributed by atoms with Crippen LogP contribution >= 0.6 is 0 Å². The summed E-state index contributed by atoms with van der Waals surface area (Å²) >= 11 is 0. The third-order valence-electron chi connectivity index (χ3n) is 4.51. The van der Waals surface area contributed by atoms with Crippen LogP contribution in [-0.2, 0) is 14.0 Å². The van der Waals surface area contributed by atoms with E-state index < -0.39 is 0 Å². The molecular weight excluding hydrogens is 269 g/mol. The van der Waals surface area contributed by atoms with Crippen molar-refractivity contribution < 1.29 is 18.8 Å². The molecule has 2 heterocycles. The molecule has 5 nitrogen and oxygen atoms in total. The second-order valence-electron chi connectivity index (χ2n) is 6.53. The number of rotatable bonds is 2. The van der Waals surface area contributed by atoms with Crippen molar-refractivity contribution in [3.05, 3.63) is 29.8 Å². The number of carbonyl (C=O) groups excluding carboxylic acids is 1. The van der Waals surface area contributed by atoms with Gasteiger partial charge in [0.25, 0.3) is 0 Å². The summed E-state index contributed by atoms with van der Waals surface area (Å²) in [5.74, 6) is 0. The van der Waals surface area contributed by atoms with Crippen molar-refractivity contribution in [1.29, 1.82) is 0 Å². The molecule has 2 aliphatic rings. The van der Waals surface area contributed by atoms with E-state index in [9.17, 15) is 4.79 Å². The molecule has 0 aliphatic carbocycles. The van der Waals surface area contributed by atoms with Crippen LogP contribution in [0.5, 0.6) is 0 Å². The largest absolute Gasteiger partial charge is 0.494 e. The molecule has 6 heteroatoms. The Kier molecular flexibility index (Phi) is 3.26. The lowest BCUT2D eigenvalue weighted by molar-refractivity contribution is 0.00578.